The molecule has 1 unspecified atom stereocenters. The molecule has 2 rings (SSSR count). The molecule has 1 amide bonds. The van der Waals surface area contributed by atoms with Crippen LogP contribution < -0.4 is 10.1 Å². The Bertz CT molecular complexity index is 436. The third-order valence-corrected chi connectivity index (χ3v) is 3.87. The van der Waals surface area contributed by atoms with Crippen molar-refractivity contribution in [2.75, 3.05) is 12.4 Å². The van der Waals surface area contributed by atoms with Gasteiger partial charge in [-0.2, -0.15) is 0 Å². The van der Waals surface area contributed by atoms with Gasteiger partial charge in [-0.1, -0.05) is 6.92 Å². The van der Waals surface area contributed by atoms with E-state index in [2.05, 4.69) is 5.32 Å². The summed E-state index contributed by atoms with van der Waals surface area (Å²) >= 11 is 1.44. The molecule has 1 atom stereocenters. The van der Waals surface area contributed by atoms with Crippen molar-refractivity contribution in [2.45, 2.75) is 23.5 Å². The molecule has 0 aromatic heterocycles. The average molecular weight is 241 g/mol. The highest BCUT2D eigenvalue weighted by atomic mass is 32.2. The van der Waals surface area contributed by atoms with Gasteiger partial charge in [0.15, 0.2) is 11.6 Å². The Morgan fingerprint density at radius 1 is 1.56 bits per heavy atom. The number of amides is 1. The lowest BCUT2D eigenvalue weighted by Crippen LogP contribution is -2.28. The molecule has 3 nitrogen and oxygen atoms in total. The van der Waals surface area contributed by atoms with Crippen LogP contribution in [0, 0.1) is 5.82 Å². The van der Waals surface area contributed by atoms with E-state index in [0.717, 1.165) is 11.3 Å². The molecular formula is C11H12FNO2S. The maximum atomic E-state index is 13.4. The van der Waals surface area contributed by atoms with Gasteiger partial charge < -0.3 is 10.1 Å². The zero-order chi connectivity index (χ0) is 11.7. The molecule has 0 bridgehead atoms. The SMILES string of the molecule is CCC1Sc2cc(OC)c(F)cc2NC1=O. The number of halogens is 1. The first-order valence-corrected chi connectivity index (χ1v) is 5.88. The first-order chi connectivity index (χ1) is 7.65. The highest BCUT2D eigenvalue weighted by molar-refractivity contribution is 8.01. The van der Waals surface area contributed by atoms with E-state index in [1.807, 2.05) is 6.92 Å². The first kappa shape index (κ1) is 11.3. The second-order valence-corrected chi connectivity index (χ2v) is 4.73. The summed E-state index contributed by atoms with van der Waals surface area (Å²) in [7, 11) is 1.42. The fraction of sp³-hybridized carbons (Fsp3) is 0.364. The number of rotatable bonds is 2. The van der Waals surface area contributed by atoms with Gasteiger partial charge >= 0.3 is 0 Å². The lowest BCUT2D eigenvalue weighted by molar-refractivity contribution is -0.115. The molecule has 0 aliphatic carbocycles. The monoisotopic (exact) mass is 241 g/mol. The standard InChI is InChI=1S/C11H12FNO2S/c1-3-9-11(14)13-7-4-6(12)8(15-2)5-10(7)16-9/h4-5,9H,3H2,1-2H3,(H,13,14). The van der Waals surface area contributed by atoms with E-state index in [4.69, 9.17) is 4.74 Å². The fourth-order valence-electron chi connectivity index (χ4n) is 1.58. The van der Waals surface area contributed by atoms with Crippen molar-refractivity contribution < 1.29 is 13.9 Å². The minimum absolute atomic E-state index is 0.0652. The molecule has 86 valence electrons. The van der Waals surface area contributed by atoms with Crippen molar-refractivity contribution in [3.05, 3.63) is 17.9 Å². The predicted molar refractivity (Wildman–Crippen MR) is 61.5 cm³/mol. The number of carbonyl (C=O) groups excluding carboxylic acids is 1. The fourth-order valence-corrected chi connectivity index (χ4v) is 2.63. The Labute approximate surface area is 97.4 Å². The van der Waals surface area contributed by atoms with Gasteiger partial charge in [0.2, 0.25) is 5.91 Å². The summed E-state index contributed by atoms with van der Waals surface area (Å²) in [5, 5.41) is 2.59. The minimum atomic E-state index is -0.461. The lowest BCUT2D eigenvalue weighted by atomic mass is 10.2. The Balaban J connectivity index is 2.40. The molecule has 0 saturated carbocycles. The van der Waals surface area contributed by atoms with Gasteiger partial charge in [0, 0.05) is 11.0 Å². The van der Waals surface area contributed by atoms with E-state index >= 15 is 0 Å². The quantitative estimate of drug-likeness (QED) is 0.865. The second kappa shape index (κ2) is 4.33. The van der Waals surface area contributed by atoms with Crippen LogP contribution in [0.25, 0.3) is 0 Å². The number of hydrogen-bond donors (Lipinski definition) is 1. The number of nitrogens with one attached hydrogen (secondary N) is 1. The average Bonchev–Trinajstić information content (AvgIpc) is 2.27. The molecule has 1 aromatic rings. The van der Waals surface area contributed by atoms with Crippen LogP contribution in [-0.4, -0.2) is 18.3 Å². The maximum absolute atomic E-state index is 13.4. The van der Waals surface area contributed by atoms with Crippen LogP contribution in [0.3, 0.4) is 0 Å². The highest BCUT2D eigenvalue weighted by Gasteiger charge is 2.26. The van der Waals surface area contributed by atoms with Crippen molar-refractivity contribution >= 4 is 23.4 Å². The number of anilines is 1. The van der Waals surface area contributed by atoms with Crippen LogP contribution in [-0.2, 0) is 4.79 Å². The smallest absolute Gasteiger partial charge is 0.237 e. The first-order valence-electron chi connectivity index (χ1n) is 5.00. The van der Waals surface area contributed by atoms with Crippen molar-refractivity contribution in [1.29, 1.82) is 0 Å². The molecule has 0 saturated heterocycles. The molecular weight excluding hydrogens is 229 g/mol. The highest BCUT2D eigenvalue weighted by Crippen LogP contribution is 2.40. The molecule has 1 N–H and O–H groups in total. The summed E-state index contributed by atoms with van der Waals surface area (Å²) < 4.78 is 18.3. The van der Waals surface area contributed by atoms with E-state index < -0.39 is 5.82 Å². The van der Waals surface area contributed by atoms with E-state index in [-0.39, 0.29) is 16.9 Å². The summed E-state index contributed by atoms with van der Waals surface area (Å²) in [5.41, 5.74) is 0.526. The summed E-state index contributed by atoms with van der Waals surface area (Å²) in [5.74, 6) is -0.320. The second-order valence-electron chi connectivity index (χ2n) is 3.49. The van der Waals surface area contributed by atoms with Crippen LogP contribution in [0.15, 0.2) is 17.0 Å². The Morgan fingerprint density at radius 3 is 2.94 bits per heavy atom. The van der Waals surface area contributed by atoms with E-state index in [1.54, 1.807) is 6.07 Å². The number of fused-ring (bicyclic) bond motifs is 1. The Morgan fingerprint density at radius 2 is 2.31 bits per heavy atom. The van der Waals surface area contributed by atoms with Gasteiger partial charge in [-0.05, 0) is 12.5 Å². The largest absolute Gasteiger partial charge is 0.494 e. The number of thioether (sulfide) groups is 1. The maximum Gasteiger partial charge on any atom is 0.237 e. The summed E-state index contributed by atoms with van der Waals surface area (Å²) in [6, 6.07) is 2.92. The Hall–Kier alpha value is -1.23. The molecule has 16 heavy (non-hydrogen) atoms. The topological polar surface area (TPSA) is 38.3 Å². The van der Waals surface area contributed by atoms with Crippen LogP contribution in [0.5, 0.6) is 5.75 Å². The Kier molecular flexibility index (Phi) is 3.05. The lowest BCUT2D eigenvalue weighted by Gasteiger charge is -2.23. The van der Waals surface area contributed by atoms with E-state index in [9.17, 15) is 9.18 Å². The van der Waals surface area contributed by atoms with Crippen molar-refractivity contribution in [2.24, 2.45) is 0 Å². The number of benzene rings is 1. The molecule has 1 aliphatic heterocycles. The molecule has 1 aliphatic rings. The normalized spacial score (nSPS) is 18.9. The predicted octanol–water partition coefficient (Wildman–Crippen LogP) is 2.66. The van der Waals surface area contributed by atoms with Crippen molar-refractivity contribution in [3.63, 3.8) is 0 Å². The van der Waals surface area contributed by atoms with Crippen LogP contribution >= 0.6 is 11.8 Å². The number of carbonyl (C=O) groups is 1. The van der Waals surface area contributed by atoms with Gasteiger partial charge in [0.1, 0.15) is 0 Å². The molecule has 0 radical (unpaired) electrons. The molecule has 0 fully saturated rings. The molecule has 1 aromatic carbocycles. The third-order valence-electron chi connectivity index (χ3n) is 2.44. The number of hydrogen-bond acceptors (Lipinski definition) is 3. The van der Waals surface area contributed by atoms with E-state index in [0.29, 0.717) is 5.69 Å². The van der Waals surface area contributed by atoms with Crippen molar-refractivity contribution in [1.82, 2.24) is 0 Å². The third kappa shape index (κ3) is 1.87. The van der Waals surface area contributed by atoms with Crippen LogP contribution in [0.4, 0.5) is 10.1 Å². The summed E-state index contributed by atoms with van der Waals surface area (Å²) in [6.45, 7) is 1.95. The molecule has 1 heterocycles. The summed E-state index contributed by atoms with van der Waals surface area (Å²) in [6.07, 6.45) is 0.746. The van der Waals surface area contributed by atoms with Gasteiger partial charge in [-0.25, -0.2) is 4.39 Å². The zero-order valence-electron chi connectivity index (χ0n) is 9.04. The number of ether oxygens (including phenoxy) is 1. The van der Waals surface area contributed by atoms with Gasteiger partial charge in [-0.15, -0.1) is 11.8 Å². The summed E-state index contributed by atoms with van der Waals surface area (Å²) in [4.78, 5) is 12.4. The molecule has 0 spiro atoms. The number of methoxy groups -OCH3 is 1. The van der Waals surface area contributed by atoms with Gasteiger partial charge in [-0.3, -0.25) is 4.79 Å². The van der Waals surface area contributed by atoms with Gasteiger partial charge in [0.05, 0.1) is 18.0 Å². The van der Waals surface area contributed by atoms with Crippen LogP contribution in [0.1, 0.15) is 13.3 Å². The zero-order valence-corrected chi connectivity index (χ0v) is 9.86. The van der Waals surface area contributed by atoms with Gasteiger partial charge in [0.25, 0.3) is 0 Å². The molecule has 5 heteroatoms. The minimum Gasteiger partial charge on any atom is -0.494 e. The van der Waals surface area contributed by atoms with Crippen LogP contribution in [0.2, 0.25) is 0 Å². The van der Waals surface area contributed by atoms with Crippen molar-refractivity contribution in [3.8, 4) is 5.75 Å². The van der Waals surface area contributed by atoms with E-state index in [1.165, 1.54) is 24.9 Å².